The average Bonchev–Trinajstić information content (AvgIpc) is 3.02. The number of hydrogen-bond acceptors (Lipinski definition) is 4. The molecule has 0 aliphatic carbocycles. The topological polar surface area (TPSA) is 66.4 Å². The summed E-state index contributed by atoms with van der Waals surface area (Å²) in [7, 11) is 0. The third-order valence-corrected chi connectivity index (χ3v) is 6.17. The maximum atomic E-state index is 15.8. The molecule has 1 unspecified atom stereocenters. The Morgan fingerprint density at radius 1 is 1.14 bits per heavy atom. The lowest BCUT2D eigenvalue weighted by Crippen LogP contribution is -2.47. The Morgan fingerprint density at radius 3 is 2.50 bits per heavy atom. The summed E-state index contributed by atoms with van der Waals surface area (Å²) in [6.45, 7) is 1.95. The second-order valence-electron chi connectivity index (χ2n) is 6.47. The molecular weight excluding hydrogens is 401 g/mol. The van der Waals surface area contributed by atoms with Crippen LogP contribution >= 0.6 is 22.9 Å². The molecular formula is C21H15ClFNO3S. The Kier molecular flexibility index (Phi) is 4.48. The summed E-state index contributed by atoms with van der Waals surface area (Å²) in [5, 5.41) is 13.1. The van der Waals surface area contributed by atoms with Gasteiger partial charge in [-0.1, -0.05) is 61.0 Å². The lowest BCUT2D eigenvalue weighted by molar-refractivity contribution is -0.125. The third kappa shape index (κ3) is 2.64. The number of phenols is 1. The number of aryl methyl sites for hydroxylation is 1. The highest BCUT2D eigenvalue weighted by Gasteiger charge is 2.54. The monoisotopic (exact) mass is 415 g/mol. The third-order valence-electron chi connectivity index (χ3n) is 4.86. The molecule has 1 amide bonds. The number of ketones is 1. The highest BCUT2D eigenvalue weighted by atomic mass is 35.5. The van der Waals surface area contributed by atoms with Gasteiger partial charge in [0.15, 0.2) is 0 Å². The number of carbonyl (C=O) groups is 2. The second-order valence-corrected chi connectivity index (χ2v) is 8.09. The standard InChI is InChI=1S/C21H15ClFNO3S/c1-2-11-8-9-13(14(25)10-11)15-16-17(26)21(23,12-6-4-3-5-7-12)20(27)24-19(16)28-18(15)22/h3-10,25H,2H2,1H3,(H,24,27). The molecule has 0 radical (unpaired) electrons. The van der Waals surface area contributed by atoms with Crippen molar-refractivity contribution in [2.75, 3.05) is 5.32 Å². The van der Waals surface area contributed by atoms with Gasteiger partial charge in [0.25, 0.3) is 11.6 Å². The van der Waals surface area contributed by atoms with E-state index in [1.807, 2.05) is 6.92 Å². The number of alkyl halides is 1. The zero-order valence-corrected chi connectivity index (χ0v) is 16.3. The van der Waals surface area contributed by atoms with E-state index in [4.69, 9.17) is 11.6 Å². The van der Waals surface area contributed by atoms with E-state index in [9.17, 15) is 14.7 Å². The van der Waals surface area contributed by atoms with Gasteiger partial charge in [-0.05, 0) is 18.1 Å². The number of anilines is 1. The van der Waals surface area contributed by atoms with Crippen molar-refractivity contribution in [1.29, 1.82) is 0 Å². The molecule has 142 valence electrons. The molecule has 1 aliphatic rings. The average molecular weight is 416 g/mol. The first kappa shape index (κ1) is 18.7. The molecule has 2 aromatic carbocycles. The van der Waals surface area contributed by atoms with Crippen molar-refractivity contribution < 1.29 is 19.1 Å². The maximum Gasteiger partial charge on any atom is 0.275 e. The van der Waals surface area contributed by atoms with Crippen LogP contribution in [0.15, 0.2) is 48.5 Å². The molecule has 4 nitrogen and oxygen atoms in total. The van der Waals surface area contributed by atoms with Gasteiger partial charge in [-0.3, -0.25) is 9.59 Å². The van der Waals surface area contributed by atoms with Crippen LogP contribution in [0.1, 0.15) is 28.4 Å². The van der Waals surface area contributed by atoms with Crippen molar-refractivity contribution in [2.45, 2.75) is 19.0 Å². The van der Waals surface area contributed by atoms with Crippen LogP contribution in [0.3, 0.4) is 0 Å². The predicted octanol–water partition coefficient (Wildman–Crippen LogP) is 5.34. The number of rotatable bonds is 3. The van der Waals surface area contributed by atoms with E-state index in [1.54, 1.807) is 36.4 Å². The van der Waals surface area contributed by atoms with Gasteiger partial charge in [0.2, 0.25) is 5.78 Å². The molecule has 0 saturated heterocycles. The smallest absolute Gasteiger partial charge is 0.275 e. The minimum atomic E-state index is -2.87. The first-order chi connectivity index (χ1) is 13.4. The summed E-state index contributed by atoms with van der Waals surface area (Å²) in [5.41, 5.74) is -1.50. The molecule has 0 saturated carbocycles. The summed E-state index contributed by atoms with van der Waals surface area (Å²) < 4.78 is 16.0. The van der Waals surface area contributed by atoms with Gasteiger partial charge in [0, 0.05) is 16.7 Å². The second kappa shape index (κ2) is 6.72. The number of aromatic hydroxyl groups is 1. The van der Waals surface area contributed by atoms with Crippen LogP contribution in [0.5, 0.6) is 5.75 Å². The number of phenolic OH excluding ortho intramolecular Hbond substituents is 1. The summed E-state index contributed by atoms with van der Waals surface area (Å²) in [6.07, 6.45) is 0.722. The minimum absolute atomic E-state index is 0.0273. The van der Waals surface area contributed by atoms with Crippen molar-refractivity contribution in [3.63, 3.8) is 0 Å². The Bertz CT molecular complexity index is 1110. The summed E-state index contributed by atoms with van der Waals surface area (Å²) in [6, 6.07) is 12.6. The number of fused-ring (bicyclic) bond motifs is 1. The number of halogens is 2. The highest BCUT2D eigenvalue weighted by Crippen LogP contribution is 2.51. The number of nitrogens with one attached hydrogen (secondary N) is 1. The zero-order valence-electron chi connectivity index (χ0n) is 14.8. The number of benzene rings is 2. The largest absolute Gasteiger partial charge is 0.507 e. The Hall–Kier alpha value is -2.70. The van der Waals surface area contributed by atoms with E-state index < -0.39 is 17.4 Å². The molecule has 1 aliphatic heterocycles. The van der Waals surface area contributed by atoms with E-state index in [0.29, 0.717) is 5.56 Å². The predicted molar refractivity (Wildman–Crippen MR) is 108 cm³/mol. The summed E-state index contributed by atoms with van der Waals surface area (Å²) >= 11 is 7.32. The van der Waals surface area contributed by atoms with E-state index in [1.165, 1.54) is 12.1 Å². The summed E-state index contributed by atoms with van der Waals surface area (Å²) in [5.74, 6) is -2.10. The Morgan fingerprint density at radius 2 is 1.86 bits per heavy atom. The molecule has 28 heavy (non-hydrogen) atoms. The zero-order chi connectivity index (χ0) is 20.1. The van der Waals surface area contributed by atoms with Crippen LogP contribution in [0.4, 0.5) is 9.39 Å². The van der Waals surface area contributed by atoms with Crippen LogP contribution in [-0.2, 0) is 16.9 Å². The van der Waals surface area contributed by atoms with Crippen LogP contribution in [-0.4, -0.2) is 16.8 Å². The number of Topliss-reactive ketones (excluding diaryl/α,β-unsaturated/α-hetero) is 1. The fourth-order valence-corrected chi connectivity index (χ4v) is 4.71. The SMILES string of the molecule is CCc1ccc(-c2c(Cl)sc3c2C(=O)C(F)(c2ccccc2)C(=O)N3)c(O)c1. The van der Waals surface area contributed by atoms with E-state index in [0.717, 1.165) is 23.3 Å². The van der Waals surface area contributed by atoms with E-state index in [-0.39, 0.29) is 31.8 Å². The molecule has 2 N–H and O–H groups in total. The molecule has 0 bridgehead atoms. The lowest BCUT2D eigenvalue weighted by Gasteiger charge is -2.28. The quantitative estimate of drug-likeness (QED) is 0.568. The fraction of sp³-hybridized carbons (Fsp3) is 0.143. The number of amides is 1. The first-order valence-corrected chi connectivity index (χ1v) is 9.82. The van der Waals surface area contributed by atoms with Gasteiger partial charge in [0.05, 0.1) is 5.56 Å². The van der Waals surface area contributed by atoms with Gasteiger partial charge >= 0.3 is 0 Å². The van der Waals surface area contributed by atoms with Crippen molar-refractivity contribution >= 4 is 39.6 Å². The van der Waals surface area contributed by atoms with Gasteiger partial charge < -0.3 is 10.4 Å². The van der Waals surface area contributed by atoms with Crippen molar-refractivity contribution in [1.82, 2.24) is 0 Å². The normalized spacial score (nSPS) is 18.7. The lowest BCUT2D eigenvalue weighted by atomic mass is 9.83. The van der Waals surface area contributed by atoms with Crippen LogP contribution in [0.2, 0.25) is 4.34 Å². The molecule has 4 rings (SSSR count). The Labute approximate surface area is 169 Å². The molecule has 0 fully saturated rings. The number of thiophene rings is 1. The molecule has 7 heteroatoms. The first-order valence-electron chi connectivity index (χ1n) is 8.63. The van der Waals surface area contributed by atoms with Gasteiger partial charge in [-0.15, -0.1) is 11.3 Å². The van der Waals surface area contributed by atoms with Gasteiger partial charge in [-0.25, -0.2) is 4.39 Å². The van der Waals surface area contributed by atoms with Crippen LogP contribution < -0.4 is 5.32 Å². The Balaban J connectivity index is 1.93. The summed E-state index contributed by atoms with van der Waals surface area (Å²) in [4.78, 5) is 25.7. The van der Waals surface area contributed by atoms with Crippen LogP contribution in [0, 0.1) is 0 Å². The minimum Gasteiger partial charge on any atom is -0.507 e. The molecule has 1 aromatic heterocycles. The molecule has 0 spiro atoms. The van der Waals surface area contributed by atoms with E-state index >= 15 is 4.39 Å². The van der Waals surface area contributed by atoms with Crippen molar-refractivity contribution in [3.8, 4) is 16.9 Å². The molecule has 3 aromatic rings. The van der Waals surface area contributed by atoms with Crippen LogP contribution in [0.25, 0.3) is 11.1 Å². The van der Waals surface area contributed by atoms with Gasteiger partial charge in [-0.2, -0.15) is 0 Å². The molecule has 2 heterocycles. The number of hydrogen-bond donors (Lipinski definition) is 2. The van der Waals surface area contributed by atoms with Gasteiger partial charge in [0.1, 0.15) is 15.1 Å². The fourth-order valence-electron chi connectivity index (χ4n) is 3.35. The van der Waals surface area contributed by atoms with Crippen molar-refractivity contribution in [3.05, 3.63) is 69.6 Å². The molecule has 1 atom stereocenters. The van der Waals surface area contributed by atoms with E-state index in [2.05, 4.69) is 5.32 Å². The maximum absolute atomic E-state index is 15.8. The number of carbonyl (C=O) groups excluding carboxylic acids is 2. The van der Waals surface area contributed by atoms with Crippen molar-refractivity contribution in [2.24, 2.45) is 0 Å². The highest BCUT2D eigenvalue weighted by molar-refractivity contribution is 7.21.